The van der Waals surface area contributed by atoms with E-state index in [0.29, 0.717) is 0 Å². The third kappa shape index (κ3) is 2.21. The van der Waals surface area contributed by atoms with E-state index in [0.717, 1.165) is 0 Å². The average molecular weight is 232 g/mol. The van der Waals surface area contributed by atoms with Crippen molar-refractivity contribution in [1.29, 1.82) is 0 Å². The molecule has 1 heterocycles. The summed E-state index contributed by atoms with van der Waals surface area (Å²) in [7, 11) is 0. The lowest BCUT2D eigenvalue weighted by Gasteiger charge is -2.17. The second kappa shape index (κ2) is 4.77. The lowest BCUT2D eigenvalue weighted by Crippen LogP contribution is -1.88. The Morgan fingerprint density at radius 1 is 1.07 bits per heavy atom. The van der Waals surface area contributed by atoms with E-state index in [-0.39, 0.29) is 0 Å². The van der Waals surface area contributed by atoms with Crippen molar-refractivity contribution in [3.05, 3.63) is 58.9 Å². The van der Waals surface area contributed by atoms with Crippen LogP contribution in [0, 0.1) is 0 Å². The molecule has 0 amide bonds. The van der Waals surface area contributed by atoms with Crippen LogP contribution in [-0.2, 0) is 0 Å². The van der Waals surface area contributed by atoms with E-state index >= 15 is 0 Å². The van der Waals surface area contributed by atoms with Crippen LogP contribution >= 0.6 is 23.5 Å². The Bertz CT molecular complexity index is 442. The summed E-state index contributed by atoms with van der Waals surface area (Å²) < 4.78 is 0. The van der Waals surface area contributed by atoms with Gasteiger partial charge in [0.05, 0.1) is 0 Å². The number of hydrogen-bond acceptors (Lipinski definition) is 2. The molecule has 0 N–H and O–H groups in total. The number of thioether (sulfide) groups is 2. The van der Waals surface area contributed by atoms with Gasteiger partial charge in [-0.1, -0.05) is 60.5 Å². The van der Waals surface area contributed by atoms with E-state index in [9.17, 15) is 0 Å². The molecule has 1 aromatic carbocycles. The van der Waals surface area contributed by atoms with Crippen LogP contribution < -0.4 is 0 Å². The molecule has 0 saturated carbocycles. The molecule has 1 aliphatic heterocycles. The first kappa shape index (κ1) is 10.7. The van der Waals surface area contributed by atoms with Gasteiger partial charge in [-0.3, -0.25) is 0 Å². The normalized spacial score (nSPS) is 15.5. The van der Waals surface area contributed by atoms with Crippen molar-refractivity contribution in [2.24, 2.45) is 0 Å². The van der Waals surface area contributed by atoms with Crippen LogP contribution in [0.2, 0.25) is 0 Å². The maximum atomic E-state index is 3.86. The Kier molecular flexibility index (Phi) is 3.39. The Morgan fingerprint density at radius 3 is 2.20 bits per heavy atom. The second-order valence-corrected chi connectivity index (χ2v) is 5.25. The Balaban J connectivity index is 2.41. The zero-order valence-electron chi connectivity index (χ0n) is 8.57. The van der Waals surface area contributed by atoms with Crippen molar-refractivity contribution in [3.8, 4) is 0 Å². The SMILES string of the molecule is C=CC1=C(/C=C\C)Sc2ccccc2S1. The van der Waals surface area contributed by atoms with Gasteiger partial charge in [0.25, 0.3) is 0 Å². The van der Waals surface area contributed by atoms with Crippen molar-refractivity contribution in [2.75, 3.05) is 0 Å². The summed E-state index contributed by atoms with van der Waals surface area (Å²) in [5.41, 5.74) is 0. The van der Waals surface area contributed by atoms with E-state index < -0.39 is 0 Å². The number of hydrogen-bond donors (Lipinski definition) is 0. The first-order valence-corrected chi connectivity index (χ1v) is 6.42. The molecule has 0 fully saturated rings. The van der Waals surface area contributed by atoms with Crippen LogP contribution in [0.25, 0.3) is 0 Å². The summed E-state index contributed by atoms with van der Waals surface area (Å²) in [4.78, 5) is 5.19. The highest BCUT2D eigenvalue weighted by atomic mass is 32.2. The van der Waals surface area contributed by atoms with Crippen LogP contribution in [0.1, 0.15) is 6.92 Å². The lowest BCUT2D eigenvalue weighted by molar-refractivity contribution is 1.25. The summed E-state index contributed by atoms with van der Waals surface area (Å²) in [6, 6.07) is 8.48. The van der Waals surface area contributed by atoms with Gasteiger partial charge >= 0.3 is 0 Å². The molecule has 0 aliphatic carbocycles. The summed E-state index contributed by atoms with van der Waals surface area (Å²) in [5.74, 6) is 0. The van der Waals surface area contributed by atoms with E-state index in [1.807, 2.05) is 24.8 Å². The molecule has 0 spiro atoms. The Hall–Kier alpha value is -0.860. The monoisotopic (exact) mass is 232 g/mol. The van der Waals surface area contributed by atoms with Gasteiger partial charge in [0, 0.05) is 19.6 Å². The van der Waals surface area contributed by atoms with Crippen LogP contribution in [0.15, 0.2) is 68.7 Å². The number of benzene rings is 1. The third-order valence-corrected chi connectivity index (χ3v) is 4.63. The molecule has 0 nitrogen and oxygen atoms in total. The molecule has 0 atom stereocenters. The molecule has 1 aromatic rings. The topological polar surface area (TPSA) is 0 Å². The summed E-state index contributed by atoms with van der Waals surface area (Å²) in [6.07, 6.45) is 6.15. The molecule has 0 unspecified atom stereocenters. The van der Waals surface area contributed by atoms with Gasteiger partial charge in [-0.25, -0.2) is 0 Å². The first-order chi connectivity index (χ1) is 7.35. The molecule has 76 valence electrons. The van der Waals surface area contributed by atoms with E-state index in [4.69, 9.17) is 0 Å². The van der Waals surface area contributed by atoms with Crippen LogP contribution in [-0.4, -0.2) is 0 Å². The standard InChI is InChI=1S/C13H12S2/c1-3-7-11-10(4-2)14-12-8-5-6-9-13(12)15-11/h3-9H,2H2,1H3/b7-3-. The molecular formula is C13H12S2. The highest BCUT2D eigenvalue weighted by molar-refractivity contribution is 8.09. The van der Waals surface area contributed by atoms with Gasteiger partial charge in [0.1, 0.15) is 0 Å². The highest BCUT2D eigenvalue weighted by Gasteiger charge is 2.15. The second-order valence-electron chi connectivity index (χ2n) is 3.08. The average Bonchev–Trinajstić information content (AvgIpc) is 2.28. The molecular weight excluding hydrogens is 220 g/mol. The molecule has 1 aliphatic rings. The van der Waals surface area contributed by atoms with Gasteiger partial charge < -0.3 is 0 Å². The van der Waals surface area contributed by atoms with E-state index in [1.165, 1.54) is 19.6 Å². The fourth-order valence-electron chi connectivity index (χ4n) is 1.37. The lowest BCUT2D eigenvalue weighted by atomic mass is 10.4. The zero-order chi connectivity index (χ0) is 10.7. The zero-order valence-corrected chi connectivity index (χ0v) is 10.2. The number of fused-ring (bicyclic) bond motifs is 1. The van der Waals surface area contributed by atoms with Gasteiger partial charge in [-0.05, 0) is 19.1 Å². The minimum atomic E-state index is 1.25. The summed E-state index contributed by atoms with van der Waals surface area (Å²) in [6.45, 7) is 5.90. The van der Waals surface area contributed by atoms with Gasteiger partial charge in [0.15, 0.2) is 0 Å². The predicted molar refractivity (Wildman–Crippen MR) is 70.2 cm³/mol. The van der Waals surface area contributed by atoms with Crippen molar-refractivity contribution in [3.63, 3.8) is 0 Å². The van der Waals surface area contributed by atoms with Crippen LogP contribution in [0.3, 0.4) is 0 Å². The Labute approximate surface area is 99.2 Å². The quantitative estimate of drug-likeness (QED) is 0.714. The van der Waals surface area contributed by atoms with Gasteiger partial charge in [0.2, 0.25) is 0 Å². The van der Waals surface area contributed by atoms with Crippen LogP contribution in [0.4, 0.5) is 0 Å². The molecule has 2 rings (SSSR count). The Morgan fingerprint density at radius 2 is 1.67 bits per heavy atom. The fourth-order valence-corrected chi connectivity index (χ4v) is 3.61. The molecule has 2 heteroatoms. The van der Waals surface area contributed by atoms with Crippen molar-refractivity contribution in [1.82, 2.24) is 0 Å². The van der Waals surface area contributed by atoms with Gasteiger partial charge in [-0.15, -0.1) is 0 Å². The molecule has 0 radical (unpaired) electrons. The molecule has 0 bridgehead atoms. The summed E-state index contributed by atoms with van der Waals surface area (Å²) in [5, 5.41) is 0. The first-order valence-electron chi connectivity index (χ1n) is 4.79. The van der Waals surface area contributed by atoms with Crippen LogP contribution in [0.5, 0.6) is 0 Å². The van der Waals surface area contributed by atoms with E-state index in [1.54, 1.807) is 11.8 Å². The van der Waals surface area contributed by atoms with Crippen molar-refractivity contribution < 1.29 is 0 Å². The minimum Gasteiger partial charge on any atom is -0.0979 e. The largest absolute Gasteiger partial charge is 0.0979 e. The maximum Gasteiger partial charge on any atom is 0.0262 e. The predicted octanol–water partition coefficient (Wildman–Crippen LogP) is 4.86. The number of rotatable bonds is 2. The highest BCUT2D eigenvalue weighted by Crippen LogP contribution is 2.47. The summed E-state index contributed by atoms with van der Waals surface area (Å²) >= 11 is 3.61. The molecule has 0 aromatic heterocycles. The molecule has 15 heavy (non-hydrogen) atoms. The van der Waals surface area contributed by atoms with Crippen molar-refractivity contribution >= 4 is 23.5 Å². The fraction of sp³-hybridized carbons (Fsp3) is 0.0769. The smallest absolute Gasteiger partial charge is 0.0262 e. The van der Waals surface area contributed by atoms with Crippen molar-refractivity contribution in [2.45, 2.75) is 16.7 Å². The molecule has 0 saturated heterocycles. The minimum absolute atomic E-state index is 1.25. The maximum absolute atomic E-state index is 3.86. The van der Waals surface area contributed by atoms with Gasteiger partial charge in [-0.2, -0.15) is 0 Å². The van der Waals surface area contributed by atoms with E-state index in [2.05, 4.69) is 43.0 Å². The third-order valence-electron chi connectivity index (χ3n) is 2.04. The number of allylic oxidation sites excluding steroid dienone is 3.